The first-order valence-corrected chi connectivity index (χ1v) is 6.14. The summed E-state index contributed by atoms with van der Waals surface area (Å²) in [6.45, 7) is 10.6. The molecule has 0 bridgehead atoms. The van der Waals surface area contributed by atoms with Crippen LogP contribution in [0.3, 0.4) is 0 Å². The van der Waals surface area contributed by atoms with E-state index in [-0.39, 0.29) is 0 Å². The van der Waals surface area contributed by atoms with Crippen molar-refractivity contribution in [3.63, 3.8) is 0 Å². The smallest absolute Gasteiger partial charge is 0.00519 e. The lowest BCUT2D eigenvalue weighted by Gasteiger charge is -2.25. The molecule has 1 atom stereocenters. The van der Waals surface area contributed by atoms with Crippen molar-refractivity contribution in [2.24, 2.45) is 11.3 Å². The topological polar surface area (TPSA) is 12.0 Å². The first kappa shape index (κ1) is 14.0. The fourth-order valence-corrected chi connectivity index (χ4v) is 2.05. The molecule has 0 aromatic heterocycles. The van der Waals surface area contributed by atoms with E-state index in [4.69, 9.17) is 0 Å². The molecule has 1 nitrogen and oxygen atoms in total. The van der Waals surface area contributed by atoms with Gasteiger partial charge in [0.1, 0.15) is 0 Å². The molecule has 0 aromatic rings. The van der Waals surface area contributed by atoms with E-state index in [1.165, 1.54) is 38.6 Å². The van der Waals surface area contributed by atoms with Crippen LogP contribution in [0.5, 0.6) is 0 Å². The van der Waals surface area contributed by atoms with Crippen molar-refractivity contribution >= 4 is 0 Å². The molecular weight excluding hydrogens is 170 g/mol. The van der Waals surface area contributed by atoms with E-state index in [1.807, 2.05) is 7.05 Å². The van der Waals surface area contributed by atoms with Gasteiger partial charge in [-0.15, -0.1) is 0 Å². The van der Waals surface area contributed by atoms with Crippen molar-refractivity contribution in [1.29, 1.82) is 0 Å². The fraction of sp³-hybridized carbons (Fsp3) is 1.00. The number of hydrogen-bond acceptors (Lipinski definition) is 1. The van der Waals surface area contributed by atoms with E-state index in [0.29, 0.717) is 5.41 Å². The highest BCUT2D eigenvalue weighted by atomic mass is 14.8. The molecule has 0 fully saturated rings. The van der Waals surface area contributed by atoms with E-state index in [1.54, 1.807) is 0 Å². The standard InChI is InChI=1S/C13H29N/c1-6-12(11-13(2,3)4)9-7-8-10-14-5/h12,14H,6-11H2,1-5H3. The average Bonchev–Trinajstić information content (AvgIpc) is 2.08. The Morgan fingerprint density at radius 2 is 1.79 bits per heavy atom. The second kappa shape index (κ2) is 7.28. The van der Waals surface area contributed by atoms with Crippen molar-refractivity contribution < 1.29 is 0 Å². The zero-order chi connectivity index (χ0) is 11.0. The highest BCUT2D eigenvalue weighted by Crippen LogP contribution is 2.29. The van der Waals surface area contributed by atoms with E-state index >= 15 is 0 Å². The van der Waals surface area contributed by atoms with Crippen molar-refractivity contribution in [3.8, 4) is 0 Å². The molecule has 86 valence electrons. The zero-order valence-electron chi connectivity index (χ0n) is 10.8. The molecule has 14 heavy (non-hydrogen) atoms. The third-order valence-electron chi connectivity index (χ3n) is 2.77. The minimum absolute atomic E-state index is 0.504. The van der Waals surface area contributed by atoms with Gasteiger partial charge < -0.3 is 5.32 Å². The molecule has 0 radical (unpaired) electrons. The van der Waals surface area contributed by atoms with E-state index in [2.05, 4.69) is 33.0 Å². The van der Waals surface area contributed by atoms with Crippen molar-refractivity contribution in [1.82, 2.24) is 5.32 Å². The summed E-state index contributed by atoms with van der Waals surface area (Å²) < 4.78 is 0. The Kier molecular flexibility index (Phi) is 7.26. The molecule has 0 aliphatic carbocycles. The Hall–Kier alpha value is -0.0400. The minimum atomic E-state index is 0.504. The van der Waals surface area contributed by atoms with Gasteiger partial charge in [0.25, 0.3) is 0 Å². The zero-order valence-corrected chi connectivity index (χ0v) is 10.8. The third kappa shape index (κ3) is 8.55. The van der Waals surface area contributed by atoms with Gasteiger partial charge in [0, 0.05) is 0 Å². The summed E-state index contributed by atoms with van der Waals surface area (Å²) in [6, 6.07) is 0. The summed E-state index contributed by atoms with van der Waals surface area (Å²) in [4.78, 5) is 0. The van der Waals surface area contributed by atoms with Gasteiger partial charge in [0.05, 0.1) is 0 Å². The number of rotatable bonds is 7. The Morgan fingerprint density at radius 1 is 1.14 bits per heavy atom. The maximum absolute atomic E-state index is 3.21. The quantitative estimate of drug-likeness (QED) is 0.614. The Bertz CT molecular complexity index is 124. The summed E-state index contributed by atoms with van der Waals surface area (Å²) >= 11 is 0. The molecule has 0 rings (SSSR count). The number of hydrogen-bond donors (Lipinski definition) is 1. The van der Waals surface area contributed by atoms with Crippen LogP contribution in [-0.4, -0.2) is 13.6 Å². The molecule has 0 heterocycles. The van der Waals surface area contributed by atoms with Crippen LogP contribution in [-0.2, 0) is 0 Å². The van der Waals surface area contributed by atoms with Gasteiger partial charge in [-0.3, -0.25) is 0 Å². The van der Waals surface area contributed by atoms with Crippen LogP contribution in [0.4, 0.5) is 0 Å². The lowest BCUT2D eigenvalue weighted by Crippen LogP contribution is -2.13. The Labute approximate surface area is 90.7 Å². The molecule has 0 aliphatic heterocycles. The summed E-state index contributed by atoms with van der Waals surface area (Å²) in [6.07, 6.45) is 6.85. The average molecular weight is 199 g/mol. The molecule has 1 unspecified atom stereocenters. The van der Waals surface area contributed by atoms with Gasteiger partial charge in [-0.2, -0.15) is 0 Å². The largest absolute Gasteiger partial charge is 0.320 e. The van der Waals surface area contributed by atoms with E-state index in [9.17, 15) is 0 Å². The molecule has 0 saturated heterocycles. The van der Waals surface area contributed by atoms with Crippen LogP contribution in [0, 0.1) is 11.3 Å². The summed E-state index contributed by atoms with van der Waals surface area (Å²) in [5.41, 5.74) is 0.504. The Balaban J connectivity index is 3.58. The maximum Gasteiger partial charge on any atom is -0.00519 e. The second-order valence-electron chi connectivity index (χ2n) is 5.64. The normalized spacial score (nSPS) is 14.4. The molecule has 0 aliphatic rings. The second-order valence-corrected chi connectivity index (χ2v) is 5.64. The van der Waals surface area contributed by atoms with Gasteiger partial charge in [-0.25, -0.2) is 0 Å². The van der Waals surface area contributed by atoms with Crippen molar-refractivity contribution in [2.75, 3.05) is 13.6 Å². The predicted molar refractivity (Wildman–Crippen MR) is 65.6 cm³/mol. The maximum atomic E-state index is 3.21. The van der Waals surface area contributed by atoms with Crippen molar-refractivity contribution in [2.45, 2.75) is 59.8 Å². The van der Waals surface area contributed by atoms with E-state index < -0.39 is 0 Å². The molecule has 0 spiro atoms. The van der Waals surface area contributed by atoms with Crippen LogP contribution in [0.2, 0.25) is 0 Å². The summed E-state index contributed by atoms with van der Waals surface area (Å²) in [5.74, 6) is 0.937. The highest BCUT2D eigenvalue weighted by molar-refractivity contribution is 4.68. The summed E-state index contributed by atoms with van der Waals surface area (Å²) in [5, 5.41) is 3.21. The van der Waals surface area contributed by atoms with Gasteiger partial charge in [0.15, 0.2) is 0 Å². The fourth-order valence-electron chi connectivity index (χ4n) is 2.05. The first-order chi connectivity index (χ1) is 6.49. The predicted octanol–water partition coefficient (Wildman–Crippen LogP) is 3.84. The van der Waals surface area contributed by atoms with Crippen LogP contribution in [0.15, 0.2) is 0 Å². The van der Waals surface area contributed by atoms with Crippen LogP contribution >= 0.6 is 0 Å². The number of unbranched alkanes of at least 4 members (excludes halogenated alkanes) is 1. The third-order valence-corrected chi connectivity index (χ3v) is 2.77. The summed E-state index contributed by atoms with van der Waals surface area (Å²) in [7, 11) is 2.03. The van der Waals surface area contributed by atoms with Gasteiger partial charge in [-0.1, -0.05) is 47.0 Å². The van der Waals surface area contributed by atoms with Crippen molar-refractivity contribution in [3.05, 3.63) is 0 Å². The molecular formula is C13H29N. The molecule has 0 amide bonds. The minimum Gasteiger partial charge on any atom is -0.320 e. The van der Waals surface area contributed by atoms with Gasteiger partial charge in [-0.05, 0) is 37.8 Å². The molecule has 1 N–H and O–H groups in total. The monoisotopic (exact) mass is 199 g/mol. The molecule has 0 aromatic carbocycles. The van der Waals surface area contributed by atoms with Gasteiger partial charge >= 0.3 is 0 Å². The lowest BCUT2D eigenvalue weighted by atomic mass is 9.81. The van der Waals surface area contributed by atoms with E-state index in [0.717, 1.165) is 5.92 Å². The molecule has 0 saturated carbocycles. The highest BCUT2D eigenvalue weighted by Gasteiger charge is 2.16. The van der Waals surface area contributed by atoms with Crippen LogP contribution in [0.25, 0.3) is 0 Å². The number of nitrogens with one attached hydrogen (secondary N) is 1. The van der Waals surface area contributed by atoms with Crippen LogP contribution in [0.1, 0.15) is 59.8 Å². The lowest BCUT2D eigenvalue weighted by molar-refractivity contribution is 0.271. The SMILES string of the molecule is CCC(CCCCNC)CC(C)(C)C. The van der Waals surface area contributed by atoms with Crippen LogP contribution < -0.4 is 5.32 Å². The first-order valence-electron chi connectivity index (χ1n) is 6.14. The Morgan fingerprint density at radius 3 is 2.21 bits per heavy atom. The molecule has 1 heteroatoms. The van der Waals surface area contributed by atoms with Gasteiger partial charge in [0.2, 0.25) is 0 Å².